The summed E-state index contributed by atoms with van der Waals surface area (Å²) in [6.07, 6.45) is 1.95. The van der Waals surface area contributed by atoms with Crippen LogP contribution in [0.15, 0.2) is 24.3 Å². The summed E-state index contributed by atoms with van der Waals surface area (Å²) in [5.74, 6) is -0.688. The molecule has 0 atom stereocenters. The van der Waals surface area contributed by atoms with Gasteiger partial charge in [-0.2, -0.15) is 0 Å². The van der Waals surface area contributed by atoms with Gasteiger partial charge in [0, 0.05) is 13.1 Å². The Morgan fingerprint density at radius 1 is 1.21 bits per heavy atom. The zero-order valence-corrected chi connectivity index (χ0v) is 11.9. The van der Waals surface area contributed by atoms with E-state index >= 15 is 0 Å². The third kappa shape index (κ3) is 3.80. The molecule has 19 heavy (non-hydrogen) atoms. The first-order chi connectivity index (χ1) is 8.98. The second kappa shape index (κ2) is 5.74. The first kappa shape index (κ1) is 14.1. The fourth-order valence-corrected chi connectivity index (χ4v) is 3.76. The van der Waals surface area contributed by atoms with Crippen molar-refractivity contribution >= 4 is 15.7 Å². The van der Waals surface area contributed by atoms with Gasteiger partial charge < -0.3 is 4.90 Å². The number of benzene rings is 1. The van der Waals surface area contributed by atoms with Gasteiger partial charge in [0.25, 0.3) is 0 Å². The molecular formula is C14H19NO3S. The predicted molar refractivity (Wildman–Crippen MR) is 74.5 cm³/mol. The molecule has 4 nitrogen and oxygen atoms in total. The van der Waals surface area contributed by atoms with E-state index in [9.17, 15) is 13.2 Å². The maximum atomic E-state index is 12.1. The normalized spacial score (nSPS) is 15.7. The smallest absolute Gasteiger partial charge is 0.237 e. The van der Waals surface area contributed by atoms with Crippen LogP contribution in [-0.2, 0) is 20.4 Å². The summed E-state index contributed by atoms with van der Waals surface area (Å²) in [5.41, 5.74) is 1.72. The number of nitrogens with zero attached hydrogens (tertiary/aromatic N) is 1. The highest BCUT2D eigenvalue weighted by atomic mass is 32.2. The molecule has 0 aliphatic carbocycles. The zero-order chi connectivity index (χ0) is 13.9. The summed E-state index contributed by atoms with van der Waals surface area (Å²) in [6.45, 7) is 3.27. The van der Waals surface area contributed by atoms with Gasteiger partial charge in [-0.25, -0.2) is 8.42 Å². The van der Waals surface area contributed by atoms with Crippen LogP contribution in [0.2, 0.25) is 0 Å². The largest absolute Gasteiger partial charge is 0.342 e. The molecular weight excluding hydrogens is 262 g/mol. The van der Waals surface area contributed by atoms with Crippen molar-refractivity contribution in [3.8, 4) is 0 Å². The van der Waals surface area contributed by atoms with E-state index in [4.69, 9.17) is 0 Å². The van der Waals surface area contributed by atoms with Crippen LogP contribution in [0.4, 0.5) is 0 Å². The molecule has 104 valence electrons. The Labute approximate surface area is 114 Å². The monoisotopic (exact) mass is 281 g/mol. The molecule has 0 bridgehead atoms. The van der Waals surface area contributed by atoms with E-state index in [0.717, 1.165) is 24.0 Å². The SMILES string of the molecule is Cc1ccccc1CS(=O)(=O)CC(=O)N1CCCC1. The van der Waals surface area contributed by atoms with Crippen LogP contribution in [0.1, 0.15) is 24.0 Å². The Morgan fingerprint density at radius 3 is 2.47 bits per heavy atom. The minimum atomic E-state index is -3.38. The molecule has 1 amide bonds. The summed E-state index contributed by atoms with van der Waals surface area (Å²) in [4.78, 5) is 13.5. The standard InChI is InChI=1S/C14H19NO3S/c1-12-6-2-3-7-13(12)10-19(17,18)11-14(16)15-8-4-5-9-15/h2-3,6-7H,4-5,8-11H2,1H3. The van der Waals surface area contributed by atoms with E-state index in [1.54, 1.807) is 11.0 Å². The van der Waals surface area contributed by atoms with Gasteiger partial charge in [-0.15, -0.1) is 0 Å². The van der Waals surface area contributed by atoms with E-state index in [0.29, 0.717) is 13.1 Å². The number of carbonyl (C=O) groups excluding carboxylic acids is 1. The van der Waals surface area contributed by atoms with Gasteiger partial charge in [-0.3, -0.25) is 4.79 Å². The van der Waals surface area contributed by atoms with Crippen molar-refractivity contribution in [2.75, 3.05) is 18.8 Å². The molecule has 5 heteroatoms. The van der Waals surface area contributed by atoms with Crippen LogP contribution in [0.5, 0.6) is 0 Å². The fourth-order valence-electron chi connectivity index (χ4n) is 2.31. The summed E-state index contributed by atoms with van der Waals surface area (Å²) in [5, 5.41) is 0. The minimum absolute atomic E-state index is 0.0563. The average Bonchev–Trinajstić information content (AvgIpc) is 2.85. The Kier molecular flexibility index (Phi) is 4.24. The van der Waals surface area contributed by atoms with Gasteiger partial charge in [0.2, 0.25) is 5.91 Å². The Hall–Kier alpha value is -1.36. The molecule has 0 spiro atoms. The molecule has 1 fully saturated rings. The van der Waals surface area contributed by atoms with Crippen molar-refractivity contribution < 1.29 is 13.2 Å². The van der Waals surface area contributed by atoms with Crippen LogP contribution in [0.25, 0.3) is 0 Å². The lowest BCUT2D eigenvalue weighted by Crippen LogP contribution is -2.33. The molecule has 1 heterocycles. The van der Waals surface area contributed by atoms with Crippen molar-refractivity contribution in [2.45, 2.75) is 25.5 Å². The Balaban J connectivity index is 2.02. The lowest BCUT2D eigenvalue weighted by molar-refractivity contribution is -0.127. The number of hydrogen-bond donors (Lipinski definition) is 0. The first-order valence-electron chi connectivity index (χ1n) is 6.51. The van der Waals surface area contributed by atoms with Crippen LogP contribution in [0.3, 0.4) is 0 Å². The topological polar surface area (TPSA) is 54.5 Å². The van der Waals surface area contributed by atoms with E-state index in [1.807, 2.05) is 25.1 Å². The van der Waals surface area contributed by atoms with E-state index in [-0.39, 0.29) is 17.4 Å². The highest BCUT2D eigenvalue weighted by Crippen LogP contribution is 2.14. The maximum Gasteiger partial charge on any atom is 0.237 e. The van der Waals surface area contributed by atoms with Gasteiger partial charge >= 0.3 is 0 Å². The van der Waals surface area contributed by atoms with Crippen molar-refractivity contribution in [1.29, 1.82) is 0 Å². The van der Waals surface area contributed by atoms with Crippen molar-refractivity contribution in [3.63, 3.8) is 0 Å². The molecule has 0 aromatic heterocycles. The number of carbonyl (C=O) groups is 1. The third-order valence-corrected chi connectivity index (χ3v) is 4.88. The molecule has 1 aliphatic heterocycles. The average molecular weight is 281 g/mol. The number of sulfone groups is 1. The Bertz CT molecular complexity index is 560. The van der Waals surface area contributed by atoms with Crippen LogP contribution in [0, 0.1) is 6.92 Å². The molecule has 2 rings (SSSR count). The second-order valence-electron chi connectivity index (χ2n) is 5.05. The molecule has 1 aromatic carbocycles. The zero-order valence-electron chi connectivity index (χ0n) is 11.1. The van der Waals surface area contributed by atoms with Gasteiger partial charge in [-0.05, 0) is 30.9 Å². The lowest BCUT2D eigenvalue weighted by atomic mass is 10.1. The molecule has 1 saturated heterocycles. The maximum absolute atomic E-state index is 12.1. The third-order valence-electron chi connectivity index (χ3n) is 3.44. The van der Waals surface area contributed by atoms with Gasteiger partial charge in [-0.1, -0.05) is 24.3 Å². The quantitative estimate of drug-likeness (QED) is 0.841. The van der Waals surface area contributed by atoms with Gasteiger partial charge in [0.15, 0.2) is 9.84 Å². The number of amides is 1. The fraction of sp³-hybridized carbons (Fsp3) is 0.500. The van der Waals surface area contributed by atoms with Gasteiger partial charge in [0.05, 0.1) is 5.75 Å². The Morgan fingerprint density at radius 2 is 1.84 bits per heavy atom. The summed E-state index contributed by atoms with van der Waals surface area (Å²) in [6, 6.07) is 7.38. The molecule has 1 aliphatic rings. The second-order valence-corrected chi connectivity index (χ2v) is 7.11. The number of rotatable bonds is 4. The van der Waals surface area contributed by atoms with E-state index < -0.39 is 9.84 Å². The van der Waals surface area contributed by atoms with E-state index in [2.05, 4.69) is 0 Å². The molecule has 0 N–H and O–H groups in total. The van der Waals surface area contributed by atoms with Crippen LogP contribution >= 0.6 is 0 Å². The lowest BCUT2D eigenvalue weighted by Gasteiger charge is -2.15. The molecule has 0 saturated carbocycles. The minimum Gasteiger partial charge on any atom is -0.342 e. The number of likely N-dealkylation sites (tertiary alicyclic amines) is 1. The summed E-state index contributed by atoms with van der Waals surface area (Å²) < 4.78 is 24.1. The highest BCUT2D eigenvalue weighted by molar-refractivity contribution is 7.91. The summed E-state index contributed by atoms with van der Waals surface area (Å²) >= 11 is 0. The highest BCUT2D eigenvalue weighted by Gasteiger charge is 2.24. The predicted octanol–water partition coefficient (Wildman–Crippen LogP) is 1.53. The molecule has 0 unspecified atom stereocenters. The first-order valence-corrected chi connectivity index (χ1v) is 8.33. The molecule has 1 aromatic rings. The molecule has 0 radical (unpaired) electrons. The summed E-state index contributed by atoms with van der Waals surface area (Å²) in [7, 11) is -3.38. The van der Waals surface area contributed by atoms with Gasteiger partial charge in [0.1, 0.15) is 5.75 Å². The van der Waals surface area contributed by atoms with Crippen LogP contribution in [-0.4, -0.2) is 38.1 Å². The van der Waals surface area contributed by atoms with Crippen molar-refractivity contribution in [1.82, 2.24) is 4.90 Å². The van der Waals surface area contributed by atoms with Crippen molar-refractivity contribution in [3.05, 3.63) is 35.4 Å². The van der Waals surface area contributed by atoms with E-state index in [1.165, 1.54) is 0 Å². The number of hydrogen-bond acceptors (Lipinski definition) is 3. The number of aryl methyl sites for hydroxylation is 1. The van der Waals surface area contributed by atoms with Crippen LogP contribution < -0.4 is 0 Å². The van der Waals surface area contributed by atoms with Crippen molar-refractivity contribution in [2.24, 2.45) is 0 Å².